The first-order valence-electron chi connectivity index (χ1n) is 6.84. The lowest BCUT2D eigenvalue weighted by Gasteiger charge is -2.41. The number of hydrogen-bond acceptors (Lipinski definition) is 5. The van der Waals surface area contributed by atoms with Crippen LogP contribution in [0.25, 0.3) is 0 Å². The van der Waals surface area contributed by atoms with Gasteiger partial charge in [0.25, 0.3) is 5.85 Å². The van der Waals surface area contributed by atoms with E-state index >= 15 is 0 Å². The van der Waals surface area contributed by atoms with Crippen LogP contribution in [0.2, 0.25) is 0 Å². The van der Waals surface area contributed by atoms with Gasteiger partial charge in [-0.05, 0) is 0 Å². The molecule has 0 aliphatic carbocycles. The maximum absolute atomic E-state index is 15.0. The van der Waals surface area contributed by atoms with Crippen LogP contribution in [0.3, 0.4) is 0 Å². The van der Waals surface area contributed by atoms with Gasteiger partial charge in [-0.15, -0.1) is 6.42 Å². The summed E-state index contributed by atoms with van der Waals surface area (Å²) in [6.07, 6.45) is 2.53. The van der Waals surface area contributed by atoms with Gasteiger partial charge in [-0.3, -0.25) is 4.90 Å². The van der Waals surface area contributed by atoms with Gasteiger partial charge >= 0.3 is 6.03 Å². The van der Waals surface area contributed by atoms with Gasteiger partial charge in [0, 0.05) is 6.20 Å². The molecule has 0 saturated carbocycles. The number of hydrogen-bond donors (Lipinski definition) is 4. The number of carbonyl (C=O) groups excluding carboxylic acids is 1. The van der Waals surface area contributed by atoms with Gasteiger partial charge in [-0.2, -0.15) is 0 Å². The second-order valence-corrected chi connectivity index (χ2v) is 6.22. The Morgan fingerprint density at radius 3 is 2.52 bits per heavy atom. The van der Waals surface area contributed by atoms with Crippen LogP contribution in [0.1, 0.15) is 0 Å². The molecule has 0 unspecified atom stereocenters. The molecule has 23 heavy (non-hydrogen) atoms. The van der Waals surface area contributed by atoms with Crippen molar-refractivity contribution in [3.05, 3.63) is 24.0 Å². The Balaban J connectivity index is 2.51. The van der Waals surface area contributed by atoms with Gasteiger partial charge in [-0.1, -0.05) is 12.5 Å². The second-order valence-electron chi connectivity index (χ2n) is 6.22. The first-order chi connectivity index (χ1) is 10.4. The van der Waals surface area contributed by atoms with E-state index in [2.05, 4.69) is 17.8 Å². The van der Waals surface area contributed by atoms with Crippen molar-refractivity contribution in [3.8, 4) is 12.3 Å². The summed E-state index contributed by atoms with van der Waals surface area (Å²) < 4.78 is 20.1. The average Bonchev–Trinajstić information content (AvgIpc) is 2.61. The molecule has 4 N–H and O–H groups in total. The zero-order valence-electron chi connectivity index (χ0n) is 13.0. The number of rotatable bonds is 2. The third-order valence-corrected chi connectivity index (χ3v) is 4.11. The van der Waals surface area contributed by atoms with Crippen LogP contribution in [0, 0.1) is 12.3 Å². The van der Waals surface area contributed by atoms with Gasteiger partial charge in [0.2, 0.25) is 0 Å². The molecule has 2 amide bonds. The summed E-state index contributed by atoms with van der Waals surface area (Å²) in [6.45, 7) is 3.57. The van der Waals surface area contributed by atoms with E-state index in [0.29, 0.717) is 0 Å². The first kappa shape index (κ1) is 17.6. The number of aliphatic hydroxyl groups is 3. The summed E-state index contributed by atoms with van der Waals surface area (Å²) in [4.78, 5) is 13.0. The number of nitrogens with zero attached hydrogens (tertiary/aromatic N) is 1. The number of terminal acetylenes is 1. The van der Waals surface area contributed by atoms with E-state index in [4.69, 9.17) is 11.2 Å². The summed E-state index contributed by atoms with van der Waals surface area (Å²) >= 11 is 0. The molecule has 0 bridgehead atoms. The fourth-order valence-electron chi connectivity index (χ4n) is 2.57. The van der Waals surface area contributed by atoms with Crippen molar-refractivity contribution in [1.29, 1.82) is 0 Å². The van der Waals surface area contributed by atoms with E-state index < -0.39 is 35.1 Å². The Labute approximate surface area is 135 Å². The van der Waals surface area contributed by atoms with Gasteiger partial charge in [-0.25, -0.2) is 9.18 Å². The molecule has 0 radical (unpaired) electrons. The normalized spacial score (nSPS) is 38.0. The van der Waals surface area contributed by atoms with E-state index in [0.717, 1.165) is 26.8 Å². The molecule has 4 atom stereocenters. The molecule has 120 valence electrons. The van der Waals surface area contributed by atoms with Crippen molar-refractivity contribution in [1.82, 2.24) is 10.2 Å². The minimum Gasteiger partial charge on any atom is -0.402 e. The third kappa shape index (κ3) is 2.39. The molecule has 7 nitrogen and oxygen atoms in total. The van der Waals surface area contributed by atoms with Crippen LogP contribution < -0.4 is 5.32 Å². The van der Waals surface area contributed by atoms with E-state index in [-0.39, 0.29) is 11.3 Å². The SMILES string of the molecule is BC(B)(O)[C@@]1(F)O[C@@](B)(N2C=C(C#C)C(=C)NC2=O)[C@H](O)[C@@H]1O. The third-order valence-electron chi connectivity index (χ3n) is 4.11. The minimum atomic E-state index is -3.00. The van der Waals surface area contributed by atoms with E-state index in [1.807, 2.05) is 0 Å². The number of halogens is 1. The number of amides is 2. The molecule has 1 saturated heterocycles. The van der Waals surface area contributed by atoms with Gasteiger partial charge in [0.1, 0.15) is 33.5 Å². The molecule has 2 aliphatic heterocycles. The van der Waals surface area contributed by atoms with Gasteiger partial charge in [0.15, 0.2) is 7.85 Å². The van der Waals surface area contributed by atoms with E-state index in [1.54, 1.807) is 0 Å². The first-order valence-corrected chi connectivity index (χ1v) is 6.84. The topological polar surface area (TPSA) is 102 Å². The van der Waals surface area contributed by atoms with Crippen molar-refractivity contribution in [3.63, 3.8) is 0 Å². The van der Waals surface area contributed by atoms with Crippen LogP contribution in [0.15, 0.2) is 24.0 Å². The number of ether oxygens (including phenoxy) is 1. The highest BCUT2D eigenvalue weighted by Gasteiger charge is 2.68. The molecule has 2 aliphatic rings. The number of aliphatic hydroxyl groups excluding tert-OH is 2. The van der Waals surface area contributed by atoms with Crippen molar-refractivity contribution < 1.29 is 29.2 Å². The Morgan fingerprint density at radius 1 is 1.52 bits per heavy atom. The molecule has 11 heteroatoms. The summed E-state index contributed by atoms with van der Waals surface area (Å²) in [5, 5.41) is 30.5. The van der Waals surface area contributed by atoms with Crippen LogP contribution in [-0.4, -0.2) is 78.9 Å². The van der Waals surface area contributed by atoms with E-state index in [9.17, 15) is 24.5 Å². The molecule has 2 rings (SSSR count). The maximum atomic E-state index is 15.0. The second kappa shape index (κ2) is 5.14. The van der Waals surface area contributed by atoms with Crippen molar-refractivity contribution >= 4 is 29.6 Å². The summed E-state index contributed by atoms with van der Waals surface area (Å²) in [5.41, 5.74) is -1.64. The number of nitrogens with one attached hydrogen (secondary N) is 1. The molecular weight excluding hydrogens is 304 g/mol. The Kier molecular flexibility index (Phi) is 3.94. The van der Waals surface area contributed by atoms with Crippen LogP contribution in [-0.2, 0) is 4.74 Å². The lowest BCUT2D eigenvalue weighted by atomic mass is 9.59. The fraction of sp³-hybridized carbons (Fsp3) is 0.417. The number of carbonyl (C=O) groups is 1. The van der Waals surface area contributed by atoms with Crippen molar-refractivity contribution in [2.45, 2.75) is 29.1 Å². The van der Waals surface area contributed by atoms with Gasteiger partial charge < -0.3 is 25.4 Å². The fourth-order valence-corrected chi connectivity index (χ4v) is 2.57. The summed E-state index contributed by atoms with van der Waals surface area (Å²) in [7, 11) is 3.36. The average molecular weight is 320 g/mol. The van der Waals surface area contributed by atoms with Crippen LogP contribution >= 0.6 is 0 Å². The Bertz CT molecular complexity index is 646. The highest BCUT2D eigenvalue weighted by molar-refractivity contribution is 6.39. The lowest BCUT2D eigenvalue weighted by molar-refractivity contribution is -0.242. The monoisotopic (exact) mass is 320 g/mol. The standard InChI is InChI=1S/C12H16B3FN2O5/c1-3-6-4-18(9(21)17-5(6)2)11(13)8(20)7(19)10(16,23-11)12(14,15)22/h1,4,7-8,19-20,22H,2,13-15H2,(H,17,21)/t7-,8+,10-,11-/m0/s1. The molecule has 0 aromatic heterocycles. The minimum absolute atomic E-state index is 0.166. The van der Waals surface area contributed by atoms with Crippen molar-refractivity contribution in [2.75, 3.05) is 0 Å². The summed E-state index contributed by atoms with van der Waals surface area (Å²) in [6, 6.07) is -0.775. The highest BCUT2D eigenvalue weighted by atomic mass is 19.2. The molecule has 0 aromatic rings. The lowest BCUT2D eigenvalue weighted by Crippen LogP contribution is -2.61. The summed E-state index contributed by atoms with van der Waals surface area (Å²) in [5.74, 6) is -0.716. The van der Waals surface area contributed by atoms with Crippen LogP contribution in [0.4, 0.5) is 9.18 Å². The Hall–Kier alpha value is -1.73. The molecule has 0 spiro atoms. The van der Waals surface area contributed by atoms with E-state index in [1.165, 1.54) is 7.85 Å². The van der Waals surface area contributed by atoms with Crippen LogP contribution in [0.5, 0.6) is 0 Å². The largest absolute Gasteiger partial charge is 0.402 e. The predicted octanol–water partition coefficient (Wildman–Crippen LogP) is -4.34. The smallest absolute Gasteiger partial charge is 0.327 e. The number of alkyl halides is 1. The zero-order valence-corrected chi connectivity index (χ0v) is 13.0. The van der Waals surface area contributed by atoms with Gasteiger partial charge in [0.05, 0.1) is 16.7 Å². The Morgan fingerprint density at radius 2 is 2.09 bits per heavy atom. The molecule has 0 aromatic carbocycles. The maximum Gasteiger partial charge on any atom is 0.327 e. The quantitative estimate of drug-likeness (QED) is 0.304. The predicted molar refractivity (Wildman–Crippen MR) is 86.7 cm³/mol. The van der Waals surface area contributed by atoms with Crippen molar-refractivity contribution in [2.24, 2.45) is 0 Å². The molecular formula is C12H16B3FN2O5. The number of urea groups is 1. The molecule has 2 heterocycles. The number of allylic oxidation sites excluding steroid dienone is 1. The molecule has 1 fully saturated rings. The highest BCUT2D eigenvalue weighted by Crippen LogP contribution is 2.44. The zero-order chi connectivity index (χ0) is 17.8.